The average Bonchev–Trinajstić information content (AvgIpc) is 2.05. The smallest absolute Gasteiger partial charge is 0.0340 e. The zero-order chi connectivity index (χ0) is 8.81. The van der Waals surface area contributed by atoms with Crippen LogP contribution in [0.25, 0.3) is 6.08 Å². The van der Waals surface area contributed by atoms with E-state index in [-0.39, 0.29) is 0 Å². The summed E-state index contributed by atoms with van der Waals surface area (Å²) in [5, 5.41) is 0. The number of hydrogen-bond acceptors (Lipinski definition) is 2. The summed E-state index contributed by atoms with van der Waals surface area (Å²) in [6.07, 6.45) is 7.83. The molecule has 12 heavy (non-hydrogen) atoms. The van der Waals surface area contributed by atoms with Crippen LogP contribution in [0.1, 0.15) is 5.56 Å². The van der Waals surface area contributed by atoms with Gasteiger partial charge >= 0.3 is 0 Å². The summed E-state index contributed by atoms with van der Waals surface area (Å²) >= 11 is 0. The van der Waals surface area contributed by atoms with Crippen LogP contribution >= 0.6 is 0 Å². The molecule has 0 unspecified atom stereocenters. The van der Waals surface area contributed by atoms with Crippen LogP contribution < -0.4 is 0 Å². The van der Waals surface area contributed by atoms with Gasteiger partial charge in [0.05, 0.1) is 0 Å². The van der Waals surface area contributed by atoms with Crippen molar-refractivity contribution in [3.63, 3.8) is 0 Å². The molecule has 0 atom stereocenters. The maximum absolute atomic E-state index is 4.02. The minimum atomic E-state index is 0.967. The number of nitrogens with zero attached hydrogens (tertiary/aromatic N) is 2. The molecule has 1 aromatic rings. The Kier molecular flexibility index (Phi) is 3.48. The van der Waals surface area contributed by atoms with Gasteiger partial charge in [-0.2, -0.15) is 0 Å². The second kappa shape index (κ2) is 4.67. The molecule has 0 aliphatic carbocycles. The second-order valence-electron chi connectivity index (χ2n) is 2.95. The molecule has 2 nitrogen and oxygen atoms in total. The summed E-state index contributed by atoms with van der Waals surface area (Å²) in [6, 6.07) is 3.98. The molecule has 0 radical (unpaired) electrons. The average molecular weight is 162 g/mol. The maximum Gasteiger partial charge on any atom is 0.0340 e. The zero-order valence-electron chi connectivity index (χ0n) is 7.57. The maximum atomic E-state index is 4.02. The fourth-order valence-electron chi connectivity index (χ4n) is 0.874. The molecule has 1 aromatic heterocycles. The highest BCUT2D eigenvalue weighted by Crippen LogP contribution is 1.97. The number of rotatable bonds is 3. The van der Waals surface area contributed by atoms with Crippen LogP contribution in [0.3, 0.4) is 0 Å². The second-order valence-corrected chi connectivity index (χ2v) is 2.95. The predicted molar refractivity (Wildman–Crippen MR) is 51.8 cm³/mol. The molecule has 0 spiro atoms. The minimum absolute atomic E-state index is 0.967. The van der Waals surface area contributed by atoms with Crippen molar-refractivity contribution < 1.29 is 0 Å². The van der Waals surface area contributed by atoms with Gasteiger partial charge in [0.2, 0.25) is 0 Å². The van der Waals surface area contributed by atoms with Crippen LogP contribution in [0.5, 0.6) is 0 Å². The molecule has 0 aliphatic heterocycles. The molecule has 0 fully saturated rings. The van der Waals surface area contributed by atoms with Crippen LogP contribution in [-0.4, -0.2) is 30.5 Å². The van der Waals surface area contributed by atoms with Gasteiger partial charge in [0.25, 0.3) is 0 Å². The number of likely N-dealkylation sites (N-methyl/N-ethyl adjacent to an activating group) is 1. The molecule has 0 saturated carbocycles. The summed E-state index contributed by atoms with van der Waals surface area (Å²) in [5.74, 6) is 0. The van der Waals surface area contributed by atoms with Gasteiger partial charge in [-0.15, -0.1) is 0 Å². The molecule has 64 valence electrons. The highest BCUT2D eigenvalue weighted by molar-refractivity contribution is 5.47. The molecule has 0 amide bonds. The van der Waals surface area contributed by atoms with Crippen molar-refractivity contribution >= 4 is 6.08 Å². The highest BCUT2D eigenvalue weighted by atomic mass is 15.0. The van der Waals surface area contributed by atoms with Crippen molar-refractivity contribution in [1.82, 2.24) is 9.88 Å². The Morgan fingerprint density at radius 1 is 1.50 bits per heavy atom. The van der Waals surface area contributed by atoms with Crippen LogP contribution in [0.4, 0.5) is 0 Å². The Balaban J connectivity index is 2.47. The van der Waals surface area contributed by atoms with Gasteiger partial charge in [-0.05, 0) is 25.7 Å². The first-order valence-corrected chi connectivity index (χ1v) is 4.00. The molecule has 0 N–H and O–H groups in total. The van der Waals surface area contributed by atoms with Crippen molar-refractivity contribution in [1.29, 1.82) is 0 Å². The van der Waals surface area contributed by atoms with E-state index in [1.807, 2.05) is 32.4 Å². The predicted octanol–water partition coefficient (Wildman–Crippen LogP) is 1.66. The summed E-state index contributed by atoms with van der Waals surface area (Å²) in [7, 11) is 4.10. The lowest BCUT2D eigenvalue weighted by Gasteiger charge is -2.03. The van der Waals surface area contributed by atoms with Gasteiger partial charge in [-0.3, -0.25) is 4.98 Å². The first kappa shape index (κ1) is 8.94. The van der Waals surface area contributed by atoms with Crippen LogP contribution in [0, 0.1) is 0 Å². The summed E-state index contributed by atoms with van der Waals surface area (Å²) < 4.78 is 0. The van der Waals surface area contributed by atoms with E-state index in [2.05, 4.69) is 22.0 Å². The van der Waals surface area contributed by atoms with Gasteiger partial charge in [0, 0.05) is 18.9 Å². The molecule has 0 aliphatic rings. The Bertz CT molecular complexity index is 239. The van der Waals surface area contributed by atoms with Crippen molar-refractivity contribution in [2.45, 2.75) is 0 Å². The lowest BCUT2D eigenvalue weighted by Crippen LogP contribution is -2.10. The Morgan fingerprint density at radius 2 is 2.33 bits per heavy atom. The Labute approximate surface area is 73.5 Å². The van der Waals surface area contributed by atoms with E-state index in [0.717, 1.165) is 12.1 Å². The van der Waals surface area contributed by atoms with Crippen LogP contribution in [0.15, 0.2) is 30.6 Å². The normalized spacial score (nSPS) is 11.2. The van der Waals surface area contributed by atoms with E-state index in [1.165, 1.54) is 0 Å². The molecule has 0 saturated heterocycles. The number of pyridine rings is 1. The van der Waals surface area contributed by atoms with E-state index in [4.69, 9.17) is 0 Å². The number of aromatic nitrogens is 1. The molecule has 2 heteroatoms. The van der Waals surface area contributed by atoms with Crippen LogP contribution in [-0.2, 0) is 0 Å². The number of hydrogen-bond donors (Lipinski definition) is 0. The third kappa shape index (κ3) is 3.30. The summed E-state index contributed by atoms with van der Waals surface area (Å²) in [4.78, 5) is 6.14. The topological polar surface area (TPSA) is 16.1 Å². The van der Waals surface area contributed by atoms with E-state index >= 15 is 0 Å². The summed E-state index contributed by atoms with van der Waals surface area (Å²) in [6.45, 7) is 0.967. The first-order chi connectivity index (χ1) is 5.79. The van der Waals surface area contributed by atoms with Gasteiger partial charge in [0.1, 0.15) is 0 Å². The third-order valence-corrected chi connectivity index (χ3v) is 1.47. The molecule has 1 heterocycles. The van der Waals surface area contributed by atoms with Crippen molar-refractivity contribution in [3.05, 3.63) is 36.2 Å². The van der Waals surface area contributed by atoms with Gasteiger partial charge in [0.15, 0.2) is 0 Å². The third-order valence-electron chi connectivity index (χ3n) is 1.47. The lowest BCUT2D eigenvalue weighted by atomic mass is 10.2. The highest BCUT2D eigenvalue weighted by Gasteiger charge is 1.84. The van der Waals surface area contributed by atoms with Gasteiger partial charge < -0.3 is 4.90 Å². The first-order valence-electron chi connectivity index (χ1n) is 4.00. The zero-order valence-corrected chi connectivity index (χ0v) is 7.57. The van der Waals surface area contributed by atoms with Crippen LogP contribution in [0.2, 0.25) is 0 Å². The molecule has 1 rings (SSSR count). The fourth-order valence-corrected chi connectivity index (χ4v) is 0.874. The molecular weight excluding hydrogens is 148 g/mol. The van der Waals surface area contributed by atoms with E-state index < -0.39 is 0 Å². The lowest BCUT2D eigenvalue weighted by molar-refractivity contribution is 0.457. The monoisotopic (exact) mass is 162 g/mol. The standard InChI is InChI=1S/C10H14N2/c1-12(2)8-4-6-10-5-3-7-11-9-10/h3-7,9H,8H2,1-2H3/b6-4+. The van der Waals surface area contributed by atoms with Gasteiger partial charge in [-0.1, -0.05) is 18.2 Å². The van der Waals surface area contributed by atoms with E-state index in [0.29, 0.717) is 0 Å². The minimum Gasteiger partial charge on any atom is -0.306 e. The van der Waals surface area contributed by atoms with Crippen molar-refractivity contribution in [3.8, 4) is 0 Å². The largest absolute Gasteiger partial charge is 0.306 e. The SMILES string of the molecule is CN(C)C/C=C/c1cccnc1. The van der Waals surface area contributed by atoms with Crippen molar-refractivity contribution in [2.75, 3.05) is 20.6 Å². The molecule has 0 aromatic carbocycles. The van der Waals surface area contributed by atoms with E-state index in [9.17, 15) is 0 Å². The van der Waals surface area contributed by atoms with Crippen molar-refractivity contribution in [2.24, 2.45) is 0 Å². The molecular formula is C10H14N2. The van der Waals surface area contributed by atoms with Gasteiger partial charge in [-0.25, -0.2) is 0 Å². The Hall–Kier alpha value is -1.15. The quantitative estimate of drug-likeness (QED) is 0.672. The summed E-state index contributed by atoms with van der Waals surface area (Å²) in [5.41, 5.74) is 1.15. The molecule has 0 bridgehead atoms. The fraction of sp³-hybridized carbons (Fsp3) is 0.300. The van der Waals surface area contributed by atoms with E-state index in [1.54, 1.807) is 6.20 Å². The Morgan fingerprint density at radius 3 is 2.92 bits per heavy atom.